The second-order valence-electron chi connectivity index (χ2n) is 9.59. The molecule has 0 radical (unpaired) electrons. The number of hydrogen-bond acceptors (Lipinski definition) is 0. The molecular formula is C23H44. The minimum Gasteiger partial charge on any atom is -0.0654 e. The average Bonchev–Trinajstić information content (AvgIpc) is 3.13. The largest absolute Gasteiger partial charge is 0.0654 e. The molecule has 2 aliphatic rings. The molecule has 2 aliphatic carbocycles. The monoisotopic (exact) mass is 320 g/mol. The summed E-state index contributed by atoms with van der Waals surface area (Å²) in [6.07, 6.45) is 17.8. The Hall–Kier alpha value is 0. The first kappa shape index (κ1) is 19.3. The zero-order valence-electron chi connectivity index (χ0n) is 16.9. The molecule has 6 atom stereocenters. The molecule has 2 fully saturated rings. The molecule has 0 saturated heterocycles. The van der Waals surface area contributed by atoms with Crippen LogP contribution in [-0.2, 0) is 0 Å². The van der Waals surface area contributed by atoms with Crippen molar-refractivity contribution in [2.24, 2.45) is 35.0 Å². The minimum absolute atomic E-state index is 0.781. The van der Waals surface area contributed by atoms with Crippen LogP contribution in [0.15, 0.2) is 0 Å². The Labute approximate surface area is 147 Å². The van der Waals surface area contributed by atoms with Crippen molar-refractivity contribution in [3.8, 4) is 0 Å². The molecule has 6 unspecified atom stereocenters. The van der Waals surface area contributed by atoms with Gasteiger partial charge in [-0.2, -0.15) is 0 Å². The summed E-state index contributed by atoms with van der Waals surface area (Å²) in [6, 6.07) is 0. The van der Waals surface area contributed by atoms with E-state index in [1.54, 1.807) is 6.42 Å². The topological polar surface area (TPSA) is 0 Å². The van der Waals surface area contributed by atoms with E-state index in [2.05, 4.69) is 34.6 Å². The smallest absolute Gasteiger partial charge is 0.0266 e. The highest BCUT2D eigenvalue weighted by atomic mass is 14.6. The van der Waals surface area contributed by atoms with Crippen LogP contribution in [0.4, 0.5) is 0 Å². The molecule has 0 heterocycles. The van der Waals surface area contributed by atoms with E-state index < -0.39 is 0 Å². The van der Waals surface area contributed by atoms with E-state index in [1.165, 1.54) is 70.6 Å². The lowest BCUT2D eigenvalue weighted by atomic mass is 9.60. The Kier molecular flexibility index (Phi) is 7.49. The molecule has 0 aromatic carbocycles. The van der Waals surface area contributed by atoms with Gasteiger partial charge in [0.1, 0.15) is 0 Å². The van der Waals surface area contributed by atoms with Crippen molar-refractivity contribution < 1.29 is 0 Å². The van der Waals surface area contributed by atoms with Crippen molar-refractivity contribution in [2.75, 3.05) is 0 Å². The van der Waals surface area contributed by atoms with Crippen molar-refractivity contribution in [3.05, 3.63) is 0 Å². The van der Waals surface area contributed by atoms with Gasteiger partial charge in [-0.1, -0.05) is 79.6 Å². The number of unbranched alkanes of at least 4 members (excludes halogenated alkanes) is 3. The fraction of sp³-hybridized carbons (Fsp3) is 1.00. The highest BCUT2D eigenvalue weighted by molar-refractivity contribution is 5.03. The van der Waals surface area contributed by atoms with Gasteiger partial charge < -0.3 is 0 Å². The Morgan fingerprint density at radius 3 is 2.30 bits per heavy atom. The van der Waals surface area contributed by atoms with Crippen LogP contribution in [-0.4, -0.2) is 0 Å². The summed E-state index contributed by atoms with van der Waals surface area (Å²) in [5, 5.41) is 0. The quantitative estimate of drug-likeness (QED) is 0.321. The first-order valence-electron chi connectivity index (χ1n) is 11.0. The molecule has 0 aromatic rings. The zero-order chi connectivity index (χ0) is 16.9. The van der Waals surface area contributed by atoms with E-state index in [4.69, 9.17) is 0 Å². The molecule has 136 valence electrons. The van der Waals surface area contributed by atoms with Gasteiger partial charge in [0.15, 0.2) is 0 Å². The normalized spacial score (nSPS) is 37.4. The second-order valence-corrected chi connectivity index (χ2v) is 9.59. The molecule has 0 aromatic heterocycles. The van der Waals surface area contributed by atoms with E-state index in [0.29, 0.717) is 0 Å². The standard InChI is InChI=1S/C23H44/c1-6-8-9-10-11-18(3)12-13-22-19(4)15-21(22)17-23(14-7-2)16-20(23)5/h18-22H,6-17H2,1-5H3. The van der Waals surface area contributed by atoms with Crippen LogP contribution in [0.25, 0.3) is 0 Å². The van der Waals surface area contributed by atoms with Gasteiger partial charge in [0, 0.05) is 0 Å². The molecule has 0 aliphatic heterocycles. The van der Waals surface area contributed by atoms with Gasteiger partial charge in [-0.25, -0.2) is 0 Å². The first-order valence-corrected chi connectivity index (χ1v) is 11.0. The van der Waals surface area contributed by atoms with Crippen LogP contribution in [0.1, 0.15) is 112 Å². The van der Waals surface area contributed by atoms with Gasteiger partial charge in [0.2, 0.25) is 0 Å². The Bertz CT molecular complexity index is 333. The van der Waals surface area contributed by atoms with Crippen molar-refractivity contribution in [2.45, 2.75) is 112 Å². The van der Waals surface area contributed by atoms with Gasteiger partial charge in [0.05, 0.1) is 0 Å². The van der Waals surface area contributed by atoms with E-state index in [1.807, 2.05) is 0 Å². The fourth-order valence-electron chi connectivity index (χ4n) is 5.70. The number of rotatable bonds is 12. The van der Waals surface area contributed by atoms with Crippen molar-refractivity contribution in [3.63, 3.8) is 0 Å². The highest BCUT2D eigenvalue weighted by Crippen LogP contribution is 2.63. The van der Waals surface area contributed by atoms with Crippen LogP contribution in [0.3, 0.4) is 0 Å². The molecule has 23 heavy (non-hydrogen) atoms. The van der Waals surface area contributed by atoms with Gasteiger partial charge >= 0.3 is 0 Å². The first-order chi connectivity index (χ1) is 11.0. The van der Waals surface area contributed by atoms with Crippen molar-refractivity contribution in [1.82, 2.24) is 0 Å². The Balaban J connectivity index is 1.67. The molecule has 0 spiro atoms. The van der Waals surface area contributed by atoms with Crippen molar-refractivity contribution in [1.29, 1.82) is 0 Å². The lowest BCUT2D eigenvalue weighted by Gasteiger charge is -2.46. The van der Waals surface area contributed by atoms with E-state index in [0.717, 1.165) is 35.0 Å². The van der Waals surface area contributed by atoms with Gasteiger partial charge in [-0.3, -0.25) is 0 Å². The molecule has 0 N–H and O–H groups in total. The summed E-state index contributed by atoms with van der Waals surface area (Å²) in [4.78, 5) is 0. The Morgan fingerprint density at radius 1 is 1.00 bits per heavy atom. The van der Waals surface area contributed by atoms with Gasteiger partial charge in [-0.05, 0) is 67.1 Å². The molecule has 2 rings (SSSR count). The minimum atomic E-state index is 0.781. The summed E-state index contributed by atoms with van der Waals surface area (Å²) in [7, 11) is 0. The van der Waals surface area contributed by atoms with E-state index >= 15 is 0 Å². The lowest BCUT2D eigenvalue weighted by molar-refractivity contribution is 0.0423. The van der Waals surface area contributed by atoms with E-state index in [9.17, 15) is 0 Å². The lowest BCUT2D eigenvalue weighted by Crippen LogP contribution is -2.37. The molecule has 0 heteroatoms. The van der Waals surface area contributed by atoms with Crippen molar-refractivity contribution >= 4 is 0 Å². The summed E-state index contributed by atoms with van der Waals surface area (Å²) in [5.74, 6) is 5.14. The summed E-state index contributed by atoms with van der Waals surface area (Å²) < 4.78 is 0. The number of hydrogen-bond donors (Lipinski definition) is 0. The van der Waals surface area contributed by atoms with Crippen LogP contribution >= 0.6 is 0 Å². The summed E-state index contributed by atoms with van der Waals surface area (Å²) in [5.41, 5.74) is 0.781. The van der Waals surface area contributed by atoms with Crippen LogP contribution in [0, 0.1) is 35.0 Å². The molecule has 2 saturated carbocycles. The van der Waals surface area contributed by atoms with Crippen LogP contribution < -0.4 is 0 Å². The van der Waals surface area contributed by atoms with Gasteiger partial charge in [0.25, 0.3) is 0 Å². The molecule has 0 amide bonds. The van der Waals surface area contributed by atoms with Gasteiger partial charge in [-0.15, -0.1) is 0 Å². The van der Waals surface area contributed by atoms with Crippen LogP contribution in [0.5, 0.6) is 0 Å². The third-order valence-electron chi connectivity index (χ3n) is 7.57. The predicted molar refractivity (Wildman–Crippen MR) is 104 cm³/mol. The highest BCUT2D eigenvalue weighted by Gasteiger charge is 2.53. The average molecular weight is 321 g/mol. The van der Waals surface area contributed by atoms with E-state index in [-0.39, 0.29) is 0 Å². The maximum absolute atomic E-state index is 2.52. The fourth-order valence-corrected chi connectivity index (χ4v) is 5.70. The maximum Gasteiger partial charge on any atom is -0.0266 e. The molecule has 0 bridgehead atoms. The summed E-state index contributed by atoms with van der Waals surface area (Å²) in [6.45, 7) is 12.2. The third-order valence-corrected chi connectivity index (χ3v) is 7.57. The summed E-state index contributed by atoms with van der Waals surface area (Å²) >= 11 is 0. The molecule has 0 nitrogen and oxygen atoms in total. The van der Waals surface area contributed by atoms with Crippen LogP contribution in [0.2, 0.25) is 0 Å². The maximum atomic E-state index is 2.52. The zero-order valence-corrected chi connectivity index (χ0v) is 16.9. The molecular weight excluding hydrogens is 276 g/mol. The third kappa shape index (κ3) is 5.23. The second kappa shape index (κ2) is 8.91. The SMILES string of the molecule is CCCCCCC(C)CCC1C(C)CC1CC1(CCC)CC1C. The predicted octanol–water partition coefficient (Wildman–Crippen LogP) is 7.86. The Morgan fingerprint density at radius 2 is 1.74 bits per heavy atom.